The molecule has 0 aliphatic carbocycles. The summed E-state index contributed by atoms with van der Waals surface area (Å²) in [5.74, 6) is -1.04. The first-order valence-corrected chi connectivity index (χ1v) is 8.48. The lowest BCUT2D eigenvalue weighted by Gasteiger charge is -2.14. The summed E-state index contributed by atoms with van der Waals surface area (Å²) in [5.41, 5.74) is 0.832. The smallest absolute Gasteiger partial charge is 0.306 e. The topological polar surface area (TPSA) is 72.5 Å². The molecule has 2 aromatic rings. The first-order chi connectivity index (χ1) is 11.5. The number of amides is 1. The van der Waals surface area contributed by atoms with E-state index in [2.05, 4.69) is 5.32 Å². The Balaban J connectivity index is 1.88. The van der Waals surface area contributed by atoms with Crippen LogP contribution in [-0.4, -0.2) is 23.8 Å². The molecule has 0 fully saturated rings. The summed E-state index contributed by atoms with van der Waals surface area (Å²) in [4.78, 5) is 36.6. The van der Waals surface area contributed by atoms with E-state index in [1.54, 1.807) is 35.6 Å². The average molecular weight is 345 g/mol. The number of rotatable bonds is 7. The Morgan fingerprint density at radius 1 is 1.17 bits per heavy atom. The predicted octanol–water partition coefficient (Wildman–Crippen LogP) is 3.45. The lowest BCUT2D eigenvalue weighted by molar-refractivity contribution is -0.153. The third-order valence-corrected chi connectivity index (χ3v) is 4.33. The highest BCUT2D eigenvalue weighted by Crippen LogP contribution is 2.16. The fraction of sp³-hybridized carbons (Fsp3) is 0.278. The summed E-state index contributed by atoms with van der Waals surface area (Å²) in [6, 6.07) is 10.6. The van der Waals surface area contributed by atoms with Crippen molar-refractivity contribution in [2.24, 2.45) is 0 Å². The molecule has 0 saturated heterocycles. The molecule has 2 rings (SSSR count). The Kier molecular flexibility index (Phi) is 6.26. The number of ketones is 1. The molecule has 0 bridgehead atoms. The van der Waals surface area contributed by atoms with Crippen LogP contribution in [0.15, 0.2) is 41.8 Å². The van der Waals surface area contributed by atoms with Crippen LogP contribution < -0.4 is 5.32 Å². The molecule has 1 heterocycles. The van der Waals surface area contributed by atoms with E-state index in [0.29, 0.717) is 17.7 Å². The van der Waals surface area contributed by atoms with Gasteiger partial charge in [0.25, 0.3) is 5.91 Å². The zero-order valence-electron chi connectivity index (χ0n) is 13.6. The number of anilines is 1. The highest BCUT2D eigenvalue weighted by molar-refractivity contribution is 7.09. The molecule has 1 N–H and O–H groups in total. The number of carbonyl (C=O) groups excluding carboxylic acids is 3. The van der Waals surface area contributed by atoms with Crippen molar-refractivity contribution in [3.63, 3.8) is 0 Å². The summed E-state index contributed by atoms with van der Waals surface area (Å²) in [7, 11) is 0. The number of hydrogen-bond acceptors (Lipinski definition) is 5. The molecule has 24 heavy (non-hydrogen) atoms. The molecule has 0 unspecified atom stereocenters. The number of aryl methyl sites for hydroxylation is 1. The van der Waals surface area contributed by atoms with E-state index in [1.165, 1.54) is 13.8 Å². The quantitative estimate of drug-likeness (QED) is 0.616. The maximum atomic E-state index is 12.2. The third kappa shape index (κ3) is 5.03. The number of hydrogen-bond donors (Lipinski definition) is 1. The van der Waals surface area contributed by atoms with Gasteiger partial charge >= 0.3 is 5.97 Å². The van der Waals surface area contributed by atoms with Gasteiger partial charge in [0.1, 0.15) is 0 Å². The van der Waals surface area contributed by atoms with Gasteiger partial charge in [-0.3, -0.25) is 14.4 Å². The average Bonchev–Trinajstić information content (AvgIpc) is 3.06. The van der Waals surface area contributed by atoms with Crippen LogP contribution in [0, 0.1) is 0 Å². The van der Waals surface area contributed by atoms with Gasteiger partial charge in [-0.2, -0.15) is 0 Å². The molecule has 0 spiro atoms. The van der Waals surface area contributed by atoms with Crippen LogP contribution in [0.1, 0.15) is 35.5 Å². The Morgan fingerprint density at radius 3 is 2.58 bits per heavy atom. The van der Waals surface area contributed by atoms with E-state index in [4.69, 9.17) is 4.74 Å². The molecule has 0 aliphatic rings. The minimum absolute atomic E-state index is 0.147. The van der Waals surface area contributed by atoms with Crippen molar-refractivity contribution in [1.29, 1.82) is 0 Å². The van der Waals surface area contributed by atoms with Crippen LogP contribution in [0.4, 0.5) is 5.69 Å². The number of benzene rings is 1. The monoisotopic (exact) mass is 345 g/mol. The Morgan fingerprint density at radius 2 is 1.92 bits per heavy atom. The van der Waals surface area contributed by atoms with Crippen molar-refractivity contribution >= 4 is 34.7 Å². The summed E-state index contributed by atoms with van der Waals surface area (Å²) < 4.78 is 5.15. The zero-order chi connectivity index (χ0) is 17.5. The highest BCUT2D eigenvalue weighted by atomic mass is 32.1. The van der Waals surface area contributed by atoms with Crippen molar-refractivity contribution < 1.29 is 19.1 Å². The number of nitrogens with one attached hydrogen (secondary N) is 1. The van der Waals surface area contributed by atoms with Crippen LogP contribution >= 0.6 is 11.3 Å². The number of para-hydroxylation sites is 1. The van der Waals surface area contributed by atoms with E-state index in [-0.39, 0.29) is 12.2 Å². The Labute approximate surface area is 144 Å². The molecule has 1 atom stereocenters. The highest BCUT2D eigenvalue weighted by Gasteiger charge is 2.19. The van der Waals surface area contributed by atoms with Crippen molar-refractivity contribution in [2.75, 3.05) is 5.32 Å². The van der Waals surface area contributed by atoms with Gasteiger partial charge in [0.2, 0.25) is 0 Å². The predicted molar refractivity (Wildman–Crippen MR) is 93.3 cm³/mol. The maximum absolute atomic E-state index is 12.2. The van der Waals surface area contributed by atoms with Crippen LogP contribution in [-0.2, 0) is 20.7 Å². The van der Waals surface area contributed by atoms with Gasteiger partial charge in [0.05, 0.1) is 12.1 Å². The fourth-order valence-corrected chi connectivity index (χ4v) is 2.83. The van der Waals surface area contributed by atoms with E-state index in [1.807, 2.05) is 17.5 Å². The molecular weight excluding hydrogens is 326 g/mol. The fourth-order valence-electron chi connectivity index (χ4n) is 2.12. The van der Waals surface area contributed by atoms with Crippen molar-refractivity contribution in [3.05, 3.63) is 52.2 Å². The second-order valence-electron chi connectivity index (χ2n) is 5.30. The molecule has 0 radical (unpaired) electrons. The van der Waals surface area contributed by atoms with E-state index in [0.717, 1.165) is 4.88 Å². The number of Topliss-reactive ketones (excluding diaryl/α,β-unsaturated/α-hetero) is 1. The first-order valence-electron chi connectivity index (χ1n) is 7.60. The van der Waals surface area contributed by atoms with Gasteiger partial charge in [-0.1, -0.05) is 18.2 Å². The van der Waals surface area contributed by atoms with Crippen molar-refractivity contribution in [3.8, 4) is 0 Å². The second-order valence-corrected chi connectivity index (χ2v) is 6.33. The molecule has 0 saturated carbocycles. The summed E-state index contributed by atoms with van der Waals surface area (Å²) in [5, 5.41) is 4.58. The van der Waals surface area contributed by atoms with E-state index >= 15 is 0 Å². The summed E-state index contributed by atoms with van der Waals surface area (Å²) in [6.45, 7) is 2.94. The molecule has 1 aromatic heterocycles. The molecule has 1 amide bonds. The largest absolute Gasteiger partial charge is 0.453 e. The number of ether oxygens (including phenoxy) is 1. The zero-order valence-corrected chi connectivity index (χ0v) is 14.4. The Bertz CT molecular complexity index is 724. The molecule has 6 heteroatoms. The number of thiophene rings is 1. The van der Waals surface area contributed by atoms with Crippen molar-refractivity contribution in [2.45, 2.75) is 32.8 Å². The van der Waals surface area contributed by atoms with Crippen LogP contribution in [0.5, 0.6) is 0 Å². The molecule has 1 aromatic carbocycles. The summed E-state index contributed by atoms with van der Waals surface area (Å²) >= 11 is 1.58. The van der Waals surface area contributed by atoms with Gasteiger partial charge in [-0.05, 0) is 43.8 Å². The standard InChI is InChI=1S/C18H19NO4S/c1-12(20)15-7-3-4-8-16(15)19-18(22)13(2)23-17(21)10-9-14-6-5-11-24-14/h3-8,11,13H,9-10H2,1-2H3,(H,19,22)/t13-/m1/s1. The normalized spacial score (nSPS) is 11.6. The van der Waals surface area contributed by atoms with Gasteiger partial charge < -0.3 is 10.1 Å². The SMILES string of the molecule is CC(=O)c1ccccc1NC(=O)[C@@H](C)OC(=O)CCc1cccs1. The van der Waals surface area contributed by atoms with E-state index in [9.17, 15) is 14.4 Å². The maximum Gasteiger partial charge on any atom is 0.306 e. The van der Waals surface area contributed by atoms with E-state index < -0.39 is 18.0 Å². The third-order valence-electron chi connectivity index (χ3n) is 3.40. The number of esters is 1. The number of carbonyl (C=O) groups is 3. The lowest BCUT2D eigenvalue weighted by Crippen LogP contribution is -2.30. The molecular formula is C18H19NO4S. The Hall–Kier alpha value is -2.47. The van der Waals surface area contributed by atoms with Crippen LogP contribution in [0.25, 0.3) is 0 Å². The first kappa shape index (κ1) is 17.9. The van der Waals surface area contributed by atoms with Gasteiger partial charge in [-0.25, -0.2) is 0 Å². The molecule has 5 nitrogen and oxygen atoms in total. The molecule has 126 valence electrons. The lowest BCUT2D eigenvalue weighted by atomic mass is 10.1. The minimum Gasteiger partial charge on any atom is -0.453 e. The molecule has 0 aliphatic heterocycles. The minimum atomic E-state index is -0.930. The summed E-state index contributed by atoms with van der Waals surface area (Å²) in [6.07, 6.45) is -0.110. The van der Waals surface area contributed by atoms with Crippen LogP contribution in [0.2, 0.25) is 0 Å². The van der Waals surface area contributed by atoms with Gasteiger partial charge in [-0.15, -0.1) is 11.3 Å². The van der Waals surface area contributed by atoms with Gasteiger partial charge in [0, 0.05) is 10.4 Å². The van der Waals surface area contributed by atoms with Crippen LogP contribution in [0.3, 0.4) is 0 Å². The van der Waals surface area contributed by atoms with Crippen molar-refractivity contribution in [1.82, 2.24) is 0 Å². The second kappa shape index (κ2) is 8.40. The van der Waals surface area contributed by atoms with Gasteiger partial charge in [0.15, 0.2) is 11.9 Å².